The van der Waals surface area contributed by atoms with Crippen LogP contribution in [0.3, 0.4) is 0 Å². The molecule has 1 aliphatic rings. The second kappa shape index (κ2) is 5.00. The van der Waals surface area contributed by atoms with Crippen LogP contribution in [0.1, 0.15) is 48.5 Å². The lowest BCUT2D eigenvalue weighted by atomic mass is 10.0. The first kappa shape index (κ1) is 16.9. The highest BCUT2D eigenvalue weighted by atomic mass is 16.7. The molecule has 116 valence electrons. The Labute approximate surface area is 119 Å². The van der Waals surface area contributed by atoms with Crippen molar-refractivity contribution in [3.05, 3.63) is 0 Å². The van der Waals surface area contributed by atoms with E-state index in [9.17, 15) is 14.7 Å². The van der Waals surface area contributed by atoms with Gasteiger partial charge in [-0.15, -0.1) is 0 Å². The van der Waals surface area contributed by atoms with Gasteiger partial charge in [0.2, 0.25) is 0 Å². The Morgan fingerprint density at radius 3 is 1.60 bits per heavy atom. The van der Waals surface area contributed by atoms with Crippen LogP contribution >= 0.6 is 0 Å². The summed E-state index contributed by atoms with van der Waals surface area (Å²) in [5.74, 6) is -1.66. The number of hydrogen-bond acceptors (Lipinski definition) is 6. The number of carbonyl (C=O) groups is 2. The fraction of sp³-hybridized carbons (Fsp3) is 0.857. The molecule has 2 unspecified atom stereocenters. The molecule has 0 aliphatic carbocycles. The molecule has 0 spiro atoms. The van der Waals surface area contributed by atoms with Crippen molar-refractivity contribution in [2.75, 3.05) is 0 Å². The Hall–Kier alpha value is -1.14. The Balaban J connectivity index is 2.96. The van der Waals surface area contributed by atoms with Gasteiger partial charge in [-0.1, -0.05) is 0 Å². The fourth-order valence-corrected chi connectivity index (χ4v) is 1.72. The van der Waals surface area contributed by atoms with Crippen molar-refractivity contribution in [1.82, 2.24) is 0 Å². The topological polar surface area (TPSA) is 85.4 Å². The number of hydrogen-bond donors (Lipinski definition) is 1. The summed E-state index contributed by atoms with van der Waals surface area (Å²) in [6.45, 7) is 11.6. The zero-order valence-corrected chi connectivity index (χ0v) is 13.1. The largest absolute Gasteiger partial charge is 0.457 e. The highest BCUT2D eigenvalue weighted by molar-refractivity contribution is 6.07. The summed E-state index contributed by atoms with van der Waals surface area (Å²) in [4.78, 5) is 24.5. The number of aliphatic hydroxyl groups excluding tert-OH is 1. The van der Waals surface area contributed by atoms with Crippen molar-refractivity contribution < 1.29 is 28.9 Å². The molecule has 6 heteroatoms. The molecule has 0 saturated carbocycles. The highest BCUT2D eigenvalue weighted by Crippen LogP contribution is 2.43. The summed E-state index contributed by atoms with van der Waals surface area (Å²) in [6.07, 6.45) is -1.91. The van der Waals surface area contributed by atoms with Gasteiger partial charge < -0.3 is 19.3 Å². The molecule has 0 radical (unpaired) electrons. The Morgan fingerprint density at radius 2 is 1.40 bits per heavy atom. The van der Waals surface area contributed by atoms with Gasteiger partial charge in [0.05, 0.1) is 6.10 Å². The fourth-order valence-electron chi connectivity index (χ4n) is 1.72. The van der Waals surface area contributed by atoms with E-state index in [-0.39, 0.29) is 0 Å². The number of epoxide rings is 1. The average Bonchev–Trinajstić information content (AvgIpc) is 2.87. The molecule has 0 bridgehead atoms. The van der Waals surface area contributed by atoms with E-state index in [2.05, 4.69) is 0 Å². The Bertz CT molecular complexity index is 371. The molecule has 0 aromatic rings. The Morgan fingerprint density at radius 1 is 1.05 bits per heavy atom. The molecule has 1 heterocycles. The summed E-state index contributed by atoms with van der Waals surface area (Å²) in [7, 11) is 0. The monoisotopic (exact) mass is 288 g/mol. The van der Waals surface area contributed by atoms with Gasteiger partial charge in [0.25, 0.3) is 5.60 Å². The summed E-state index contributed by atoms with van der Waals surface area (Å²) in [5.41, 5.74) is -3.38. The van der Waals surface area contributed by atoms with E-state index in [4.69, 9.17) is 14.2 Å². The molecule has 1 saturated heterocycles. The van der Waals surface area contributed by atoms with E-state index in [1.54, 1.807) is 41.5 Å². The summed E-state index contributed by atoms with van der Waals surface area (Å²) in [5, 5.41) is 9.58. The predicted octanol–water partition coefficient (Wildman–Crippen LogP) is 1.19. The zero-order valence-electron chi connectivity index (χ0n) is 13.1. The lowest BCUT2D eigenvalue weighted by Crippen LogP contribution is -2.46. The van der Waals surface area contributed by atoms with E-state index in [0.717, 1.165) is 0 Å². The van der Waals surface area contributed by atoms with E-state index in [1.807, 2.05) is 0 Å². The normalized spacial score (nSPS) is 22.9. The third-order valence-electron chi connectivity index (χ3n) is 2.50. The van der Waals surface area contributed by atoms with Crippen LogP contribution in [0.25, 0.3) is 0 Å². The third-order valence-corrected chi connectivity index (χ3v) is 2.50. The van der Waals surface area contributed by atoms with Crippen LogP contribution in [-0.4, -0.2) is 46.1 Å². The minimum atomic E-state index is -1.85. The first-order valence-electron chi connectivity index (χ1n) is 6.62. The van der Waals surface area contributed by atoms with E-state index >= 15 is 0 Å². The predicted molar refractivity (Wildman–Crippen MR) is 71.0 cm³/mol. The minimum absolute atomic E-state index is 0.763. The maximum Gasteiger partial charge on any atom is 0.353 e. The lowest BCUT2D eigenvalue weighted by molar-refractivity contribution is -0.176. The molecular formula is C14H24O6. The minimum Gasteiger partial charge on any atom is -0.457 e. The number of aliphatic hydroxyl groups is 1. The average molecular weight is 288 g/mol. The second-order valence-corrected chi connectivity index (χ2v) is 7.02. The van der Waals surface area contributed by atoms with Crippen molar-refractivity contribution in [2.45, 2.75) is 77.5 Å². The van der Waals surface area contributed by atoms with Gasteiger partial charge in [-0.25, -0.2) is 9.59 Å². The Kier molecular flexibility index (Phi) is 4.23. The van der Waals surface area contributed by atoms with E-state index < -0.39 is 40.9 Å². The standard InChI is InChI=1S/C14H24O6/c1-8(15)9-14(18-9,10(16)19-12(2,3)4)11(17)20-13(5,6)7/h8-9,15H,1-7H3. The van der Waals surface area contributed by atoms with Crippen LogP contribution in [0.2, 0.25) is 0 Å². The molecule has 1 fully saturated rings. The summed E-state index contributed by atoms with van der Waals surface area (Å²) >= 11 is 0. The molecular weight excluding hydrogens is 264 g/mol. The molecule has 0 aromatic heterocycles. The first-order valence-corrected chi connectivity index (χ1v) is 6.62. The molecule has 1 N–H and O–H groups in total. The molecule has 2 atom stereocenters. The lowest BCUT2D eigenvalue weighted by Gasteiger charge is -2.25. The molecule has 0 aromatic carbocycles. The quantitative estimate of drug-likeness (QED) is 0.477. The smallest absolute Gasteiger partial charge is 0.353 e. The number of esters is 2. The van der Waals surface area contributed by atoms with Crippen molar-refractivity contribution in [3.63, 3.8) is 0 Å². The van der Waals surface area contributed by atoms with Gasteiger partial charge in [-0.3, -0.25) is 0 Å². The van der Waals surface area contributed by atoms with Gasteiger partial charge in [-0.2, -0.15) is 0 Å². The van der Waals surface area contributed by atoms with Crippen molar-refractivity contribution in [2.24, 2.45) is 0 Å². The summed E-state index contributed by atoms with van der Waals surface area (Å²) in [6, 6.07) is 0. The second-order valence-electron chi connectivity index (χ2n) is 7.02. The molecule has 0 amide bonds. The molecule has 6 nitrogen and oxygen atoms in total. The molecule has 20 heavy (non-hydrogen) atoms. The zero-order chi connectivity index (χ0) is 15.9. The van der Waals surface area contributed by atoms with E-state index in [1.165, 1.54) is 6.92 Å². The van der Waals surface area contributed by atoms with Crippen molar-refractivity contribution in [1.29, 1.82) is 0 Å². The number of rotatable bonds is 3. The SMILES string of the molecule is CC(O)C1OC1(C(=O)OC(C)(C)C)C(=O)OC(C)(C)C. The van der Waals surface area contributed by atoms with Crippen LogP contribution in [0.5, 0.6) is 0 Å². The van der Waals surface area contributed by atoms with Crippen LogP contribution in [0.4, 0.5) is 0 Å². The van der Waals surface area contributed by atoms with Crippen molar-refractivity contribution >= 4 is 11.9 Å². The van der Waals surface area contributed by atoms with Gasteiger partial charge in [0, 0.05) is 0 Å². The van der Waals surface area contributed by atoms with E-state index in [0.29, 0.717) is 0 Å². The van der Waals surface area contributed by atoms with Crippen LogP contribution in [-0.2, 0) is 23.8 Å². The third kappa shape index (κ3) is 3.70. The van der Waals surface area contributed by atoms with Gasteiger partial charge in [0.1, 0.15) is 17.3 Å². The summed E-state index contributed by atoms with van der Waals surface area (Å²) < 4.78 is 15.6. The maximum absolute atomic E-state index is 12.2. The molecule has 1 rings (SSSR count). The number of ether oxygens (including phenoxy) is 3. The van der Waals surface area contributed by atoms with Crippen LogP contribution in [0, 0.1) is 0 Å². The molecule has 1 aliphatic heterocycles. The van der Waals surface area contributed by atoms with Gasteiger partial charge in [0.15, 0.2) is 0 Å². The maximum atomic E-state index is 12.2. The van der Waals surface area contributed by atoms with Crippen LogP contribution in [0.15, 0.2) is 0 Å². The van der Waals surface area contributed by atoms with Crippen LogP contribution < -0.4 is 0 Å². The first-order chi connectivity index (χ1) is 8.79. The number of carbonyl (C=O) groups excluding carboxylic acids is 2. The van der Waals surface area contributed by atoms with Gasteiger partial charge >= 0.3 is 11.9 Å². The van der Waals surface area contributed by atoms with Gasteiger partial charge in [-0.05, 0) is 48.5 Å². The van der Waals surface area contributed by atoms with Crippen molar-refractivity contribution in [3.8, 4) is 0 Å². The highest BCUT2D eigenvalue weighted by Gasteiger charge is 2.73.